The minimum atomic E-state index is -0.537. The number of anilines is 1. The average Bonchev–Trinajstić information content (AvgIpc) is 3.45. The number of hydrogen-bond donors (Lipinski definition) is 1. The number of nitrogens with zero attached hydrogens (tertiary/aromatic N) is 3. The Kier molecular flexibility index (Phi) is 8.70. The number of nitrogens with one attached hydrogen (secondary N) is 1. The fourth-order valence-corrected chi connectivity index (χ4v) is 4.19. The molecule has 1 heterocycles. The third-order valence-electron chi connectivity index (χ3n) is 6.30. The van der Waals surface area contributed by atoms with Gasteiger partial charge in [0.05, 0.1) is 18.0 Å². The van der Waals surface area contributed by atoms with E-state index < -0.39 is 5.91 Å². The van der Waals surface area contributed by atoms with Crippen LogP contribution in [0.5, 0.6) is 11.5 Å². The second kappa shape index (κ2) is 13.1. The molecule has 1 N–H and O–H groups in total. The van der Waals surface area contributed by atoms with E-state index in [0.717, 1.165) is 16.8 Å². The molecule has 0 unspecified atom stereocenters. The Balaban J connectivity index is 1.41. The second-order valence-electron chi connectivity index (χ2n) is 9.23. The fourth-order valence-electron chi connectivity index (χ4n) is 4.19. The van der Waals surface area contributed by atoms with Crippen molar-refractivity contribution < 1.29 is 18.7 Å². The summed E-state index contributed by atoms with van der Waals surface area (Å²) in [5, 5.41) is 17.4. The number of carbonyl (C=O) groups is 1. The van der Waals surface area contributed by atoms with Crippen molar-refractivity contribution >= 4 is 17.7 Å². The summed E-state index contributed by atoms with van der Waals surface area (Å²) >= 11 is 0. The highest BCUT2D eigenvalue weighted by atomic mass is 19.1. The molecule has 0 atom stereocenters. The lowest BCUT2D eigenvalue weighted by molar-refractivity contribution is -0.112. The first kappa shape index (κ1) is 27.9. The zero-order valence-corrected chi connectivity index (χ0v) is 22.8. The maximum absolute atomic E-state index is 13.2. The van der Waals surface area contributed by atoms with E-state index in [-0.39, 0.29) is 11.4 Å². The lowest BCUT2D eigenvalue weighted by atomic mass is 10.1. The number of para-hydroxylation sites is 1. The maximum atomic E-state index is 13.2. The van der Waals surface area contributed by atoms with Gasteiger partial charge in [-0.3, -0.25) is 4.79 Å². The Morgan fingerprint density at radius 2 is 1.60 bits per heavy atom. The molecule has 0 aliphatic heterocycles. The second-order valence-corrected chi connectivity index (χ2v) is 9.23. The van der Waals surface area contributed by atoms with Crippen LogP contribution in [0.1, 0.15) is 18.1 Å². The van der Waals surface area contributed by atoms with E-state index >= 15 is 0 Å². The normalized spacial score (nSPS) is 11.0. The van der Waals surface area contributed by atoms with Crippen LogP contribution in [-0.2, 0) is 11.4 Å². The molecule has 42 heavy (non-hydrogen) atoms. The number of benzene rings is 4. The van der Waals surface area contributed by atoms with Gasteiger partial charge < -0.3 is 14.8 Å². The highest BCUT2D eigenvalue weighted by Gasteiger charge is 2.16. The largest absolute Gasteiger partial charge is 0.494 e. The van der Waals surface area contributed by atoms with Gasteiger partial charge in [-0.2, -0.15) is 10.4 Å². The molecule has 0 bridgehead atoms. The molecule has 0 saturated heterocycles. The standard InChI is InChI=1S/C34H27FN4O3/c1-2-41-31-18-14-29(15-19-31)37-34(40)26(21-36)20-27-22-39(30-6-4-3-5-7-30)38-33(27)25-10-16-32(17-11-25)42-23-24-8-12-28(35)13-9-24/h3-20,22H,2,23H2,1H3,(H,37,40)/b26-20-. The van der Waals surface area contributed by atoms with Crippen LogP contribution in [0, 0.1) is 17.1 Å². The van der Waals surface area contributed by atoms with E-state index in [0.29, 0.717) is 41.7 Å². The number of carbonyl (C=O) groups excluding carboxylic acids is 1. The maximum Gasteiger partial charge on any atom is 0.266 e. The summed E-state index contributed by atoms with van der Waals surface area (Å²) in [6.07, 6.45) is 3.32. The summed E-state index contributed by atoms with van der Waals surface area (Å²) in [6.45, 7) is 2.73. The third-order valence-corrected chi connectivity index (χ3v) is 6.30. The van der Waals surface area contributed by atoms with Gasteiger partial charge in [-0.25, -0.2) is 9.07 Å². The van der Waals surface area contributed by atoms with Gasteiger partial charge >= 0.3 is 0 Å². The summed E-state index contributed by atoms with van der Waals surface area (Å²) in [5.41, 5.74) is 4.10. The molecule has 4 aromatic carbocycles. The lowest BCUT2D eigenvalue weighted by Crippen LogP contribution is -2.13. The topological polar surface area (TPSA) is 89.2 Å². The predicted octanol–water partition coefficient (Wildman–Crippen LogP) is 7.20. The van der Waals surface area contributed by atoms with Crippen LogP contribution in [0.15, 0.2) is 115 Å². The van der Waals surface area contributed by atoms with Gasteiger partial charge in [-0.05, 0) is 91.4 Å². The van der Waals surface area contributed by atoms with Gasteiger partial charge in [-0.15, -0.1) is 0 Å². The van der Waals surface area contributed by atoms with E-state index in [2.05, 4.69) is 5.32 Å². The van der Waals surface area contributed by atoms with Crippen LogP contribution >= 0.6 is 0 Å². The van der Waals surface area contributed by atoms with Gasteiger partial charge in [0.2, 0.25) is 0 Å². The average molecular weight is 559 g/mol. The number of nitriles is 1. The number of aromatic nitrogens is 2. The van der Waals surface area contributed by atoms with Crippen molar-refractivity contribution in [3.05, 3.63) is 132 Å². The third kappa shape index (κ3) is 6.90. The van der Waals surface area contributed by atoms with E-state index in [1.54, 1.807) is 47.3 Å². The van der Waals surface area contributed by atoms with Crippen molar-refractivity contribution in [2.45, 2.75) is 13.5 Å². The molecule has 208 valence electrons. The van der Waals surface area contributed by atoms with Crippen molar-refractivity contribution in [1.82, 2.24) is 9.78 Å². The molecular weight excluding hydrogens is 531 g/mol. The summed E-state index contributed by atoms with van der Waals surface area (Å²) in [4.78, 5) is 13.0. The monoisotopic (exact) mass is 558 g/mol. The SMILES string of the molecule is CCOc1ccc(NC(=O)/C(C#N)=C\c2cn(-c3ccccc3)nc2-c2ccc(OCc3ccc(F)cc3)cc2)cc1. The Bertz CT molecular complexity index is 1720. The van der Waals surface area contributed by atoms with Crippen LogP contribution in [0.4, 0.5) is 10.1 Å². The Morgan fingerprint density at radius 1 is 0.929 bits per heavy atom. The van der Waals surface area contributed by atoms with Crippen molar-refractivity contribution in [3.8, 4) is 34.5 Å². The van der Waals surface area contributed by atoms with E-state index in [4.69, 9.17) is 14.6 Å². The summed E-state index contributed by atoms with van der Waals surface area (Å²) < 4.78 is 26.2. The van der Waals surface area contributed by atoms with Gasteiger partial charge in [0.15, 0.2) is 0 Å². The molecule has 0 saturated carbocycles. The van der Waals surface area contributed by atoms with Crippen LogP contribution < -0.4 is 14.8 Å². The summed E-state index contributed by atoms with van der Waals surface area (Å²) in [7, 11) is 0. The molecule has 7 nitrogen and oxygen atoms in total. The molecule has 0 radical (unpaired) electrons. The summed E-state index contributed by atoms with van der Waals surface area (Å²) in [5.74, 6) is 0.493. The van der Waals surface area contributed by atoms with Gasteiger partial charge in [0, 0.05) is 23.0 Å². The van der Waals surface area contributed by atoms with Crippen molar-refractivity contribution in [2.75, 3.05) is 11.9 Å². The highest BCUT2D eigenvalue weighted by Crippen LogP contribution is 2.28. The molecule has 0 aliphatic rings. The summed E-state index contributed by atoms with van der Waals surface area (Å²) in [6, 6.07) is 32.0. The van der Waals surface area contributed by atoms with E-state index in [1.807, 2.05) is 67.6 Å². The van der Waals surface area contributed by atoms with Crippen LogP contribution in [0.3, 0.4) is 0 Å². The zero-order chi connectivity index (χ0) is 29.3. The van der Waals surface area contributed by atoms with Crippen molar-refractivity contribution in [3.63, 3.8) is 0 Å². The van der Waals surface area contributed by atoms with Gasteiger partial charge in [0.1, 0.15) is 35.6 Å². The van der Waals surface area contributed by atoms with Crippen molar-refractivity contribution in [1.29, 1.82) is 5.26 Å². The number of rotatable bonds is 10. The quantitative estimate of drug-likeness (QED) is 0.145. The number of hydrogen-bond acceptors (Lipinski definition) is 5. The highest BCUT2D eigenvalue weighted by molar-refractivity contribution is 6.10. The Labute approximate surface area is 243 Å². The van der Waals surface area contributed by atoms with Crippen molar-refractivity contribution in [2.24, 2.45) is 0 Å². The first-order chi connectivity index (χ1) is 20.5. The predicted molar refractivity (Wildman–Crippen MR) is 160 cm³/mol. The van der Waals surface area contributed by atoms with E-state index in [9.17, 15) is 14.4 Å². The molecule has 1 aromatic heterocycles. The minimum absolute atomic E-state index is 0.0722. The molecular formula is C34H27FN4O3. The fraction of sp³-hybridized carbons (Fsp3) is 0.0882. The number of halogens is 1. The number of ether oxygens (including phenoxy) is 2. The molecule has 8 heteroatoms. The smallest absolute Gasteiger partial charge is 0.266 e. The van der Waals surface area contributed by atoms with Gasteiger partial charge in [0.25, 0.3) is 5.91 Å². The Hall–Kier alpha value is -5.68. The molecule has 1 amide bonds. The first-order valence-electron chi connectivity index (χ1n) is 13.3. The molecule has 5 aromatic rings. The lowest BCUT2D eigenvalue weighted by Gasteiger charge is -2.08. The van der Waals surface area contributed by atoms with Crippen LogP contribution in [0.25, 0.3) is 23.0 Å². The van der Waals surface area contributed by atoms with Crippen LogP contribution in [-0.4, -0.2) is 22.3 Å². The first-order valence-corrected chi connectivity index (χ1v) is 13.3. The molecule has 0 aliphatic carbocycles. The number of amides is 1. The van der Waals surface area contributed by atoms with Crippen LogP contribution in [0.2, 0.25) is 0 Å². The molecule has 0 spiro atoms. The van der Waals surface area contributed by atoms with Gasteiger partial charge in [-0.1, -0.05) is 30.3 Å². The molecule has 5 rings (SSSR count). The molecule has 0 fully saturated rings. The zero-order valence-electron chi connectivity index (χ0n) is 22.8. The van der Waals surface area contributed by atoms with E-state index in [1.165, 1.54) is 18.2 Å². The minimum Gasteiger partial charge on any atom is -0.494 e. The Morgan fingerprint density at radius 3 is 2.26 bits per heavy atom.